The first-order chi connectivity index (χ1) is 12.2. The van der Waals surface area contributed by atoms with Gasteiger partial charge < -0.3 is 4.74 Å². The molecule has 1 heterocycles. The van der Waals surface area contributed by atoms with Gasteiger partial charge in [0.1, 0.15) is 6.61 Å². The molecule has 124 valence electrons. The third kappa shape index (κ3) is 3.22. The van der Waals surface area contributed by atoms with Crippen molar-refractivity contribution in [3.63, 3.8) is 0 Å². The number of carbonyl (C=O) groups is 1. The molecule has 0 fully saturated rings. The number of carbonyl (C=O) groups excluding carboxylic acids is 1. The van der Waals surface area contributed by atoms with E-state index in [0.29, 0.717) is 23.1 Å². The van der Waals surface area contributed by atoms with Crippen LogP contribution in [-0.4, -0.2) is 11.0 Å². The second-order valence-corrected chi connectivity index (χ2v) is 5.77. The number of fused-ring (bicyclic) bond motifs is 1. The minimum Gasteiger partial charge on any atom is -0.457 e. The van der Waals surface area contributed by atoms with Gasteiger partial charge in [-0.3, -0.25) is 4.98 Å². The first-order valence-electron chi connectivity index (χ1n) is 8.19. The Labute approximate surface area is 146 Å². The van der Waals surface area contributed by atoms with Crippen LogP contribution in [0.15, 0.2) is 48.5 Å². The summed E-state index contributed by atoms with van der Waals surface area (Å²) in [5.74, 6) is -0.402. The number of hydrogen-bond acceptors (Lipinski definition) is 4. The van der Waals surface area contributed by atoms with E-state index in [2.05, 4.69) is 11.1 Å². The van der Waals surface area contributed by atoms with Crippen molar-refractivity contribution in [2.45, 2.75) is 26.9 Å². The average molecular weight is 330 g/mol. The zero-order valence-corrected chi connectivity index (χ0v) is 14.2. The highest BCUT2D eigenvalue weighted by atomic mass is 16.5. The summed E-state index contributed by atoms with van der Waals surface area (Å²) in [5, 5.41) is 10.1. The Morgan fingerprint density at radius 2 is 1.88 bits per heavy atom. The maximum atomic E-state index is 12.7. The van der Waals surface area contributed by atoms with Gasteiger partial charge >= 0.3 is 5.97 Å². The van der Waals surface area contributed by atoms with E-state index in [4.69, 9.17) is 10.00 Å². The first kappa shape index (κ1) is 16.7. The van der Waals surface area contributed by atoms with E-state index in [0.717, 1.165) is 22.2 Å². The Kier molecular flexibility index (Phi) is 4.76. The predicted octanol–water partition coefficient (Wildman–Crippen LogP) is 4.33. The molecule has 0 aliphatic rings. The van der Waals surface area contributed by atoms with Crippen molar-refractivity contribution in [3.05, 3.63) is 76.5 Å². The summed E-state index contributed by atoms with van der Waals surface area (Å²) in [6.07, 6.45) is 0.644. The molecule has 0 saturated heterocycles. The predicted molar refractivity (Wildman–Crippen MR) is 96.1 cm³/mol. The third-order valence-corrected chi connectivity index (χ3v) is 4.26. The van der Waals surface area contributed by atoms with Crippen LogP contribution in [0.2, 0.25) is 0 Å². The fraction of sp³-hybridized carbons (Fsp3) is 0.190. The number of hydrogen-bond donors (Lipinski definition) is 0. The summed E-state index contributed by atoms with van der Waals surface area (Å²) in [6, 6.07) is 17.0. The summed E-state index contributed by atoms with van der Waals surface area (Å²) in [7, 11) is 0. The Morgan fingerprint density at radius 1 is 1.16 bits per heavy atom. The monoisotopic (exact) mass is 330 g/mol. The van der Waals surface area contributed by atoms with Crippen LogP contribution in [0.25, 0.3) is 10.9 Å². The molecule has 2 aromatic carbocycles. The zero-order chi connectivity index (χ0) is 17.8. The molecule has 0 atom stereocenters. The van der Waals surface area contributed by atoms with Crippen molar-refractivity contribution < 1.29 is 9.53 Å². The molecule has 0 aliphatic heterocycles. The molecule has 0 N–H and O–H groups in total. The van der Waals surface area contributed by atoms with Crippen LogP contribution in [0, 0.1) is 18.3 Å². The molecule has 0 unspecified atom stereocenters. The lowest BCUT2D eigenvalue weighted by Crippen LogP contribution is -2.12. The summed E-state index contributed by atoms with van der Waals surface area (Å²) in [6.45, 7) is 3.96. The van der Waals surface area contributed by atoms with Crippen molar-refractivity contribution in [1.82, 2.24) is 4.98 Å². The largest absolute Gasteiger partial charge is 0.457 e. The van der Waals surface area contributed by atoms with Crippen molar-refractivity contribution in [3.8, 4) is 6.07 Å². The molecule has 0 radical (unpaired) electrons. The molecule has 0 aliphatic carbocycles. The summed E-state index contributed by atoms with van der Waals surface area (Å²) < 4.78 is 5.50. The lowest BCUT2D eigenvalue weighted by atomic mass is 10.0. The van der Waals surface area contributed by atoms with Crippen LogP contribution in [0.5, 0.6) is 0 Å². The van der Waals surface area contributed by atoms with Crippen molar-refractivity contribution in [1.29, 1.82) is 5.26 Å². The maximum Gasteiger partial charge on any atom is 0.340 e. The minimum atomic E-state index is -0.402. The van der Waals surface area contributed by atoms with Crippen LogP contribution in [0.3, 0.4) is 0 Å². The molecule has 3 rings (SSSR count). The maximum absolute atomic E-state index is 12.7. The lowest BCUT2D eigenvalue weighted by molar-refractivity contribution is 0.0470. The summed E-state index contributed by atoms with van der Waals surface area (Å²) in [4.78, 5) is 17.3. The third-order valence-electron chi connectivity index (χ3n) is 4.26. The molecule has 4 nitrogen and oxygen atoms in total. The summed E-state index contributed by atoms with van der Waals surface area (Å²) >= 11 is 0. The highest BCUT2D eigenvalue weighted by molar-refractivity contribution is 5.98. The number of aromatic nitrogens is 1. The number of pyridine rings is 1. The Morgan fingerprint density at radius 3 is 2.64 bits per heavy atom. The fourth-order valence-corrected chi connectivity index (χ4v) is 2.94. The van der Waals surface area contributed by atoms with Gasteiger partial charge in [-0.1, -0.05) is 43.3 Å². The number of esters is 1. The SMILES string of the molecule is CCc1nc2ccccc2c(C)c1C(=O)OCc1ccccc1C#N. The van der Waals surface area contributed by atoms with Gasteiger partial charge in [0.15, 0.2) is 0 Å². The van der Waals surface area contributed by atoms with E-state index in [1.165, 1.54) is 0 Å². The molecule has 0 spiro atoms. The Bertz CT molecular complexity index is 987. The Hall–Kier alpha value is -3.19. The number of para-hydroxylation sites is 1. The minimum absolute atomic E-state index is 0.0674. The second kappa shape index (κ2) is 7.14. The van der Waals surface area contributed by atoms with E-state index in [1.807, 2.05) is 44.2 Å². The van der Waals surface area contributed by atoms with Gasteiger partial charge in [-0.25, -0.2) is 4.79 Å². The Balaban J connectivity index is 1.94. The highest BCUT2D eigenvalue weighted by Crippen LogP contribution is 2.24. The van der Waals surface area contributed by atoms with E-state index in [-0.39, 0.29) is 6.61 Å². The molecule has 4 heteroatoms. The van der Waals surface area contributed by atoms with Gasteiger partial charge in [0, 0.05) is 10.9 Å². The second-order valence-electron chi connectivity index (χ2n) is 5.77. The first-order valence-corrected chi connectivity index (χ1v) is 8.19. The molecule has 25 heavy (non-hydrogen) atoms. The van der Waals surface area contributed by atoms with Crippen LogP contribution in [-0.2, 0) is 17.8 Å². The normalized spacial score (nSPS) is 10.4. The van der Waals surface area contributed by atoms with Crippen molar-refractivity contribution >= 4 is 16.9 Å². The van der Waals surface area contributed by atoms with E-state index in [9.17, 15) is 4.79 Å². The van der Waals surface area contributed by atoms with E-state index < -0.39 is 5.97 Å². The number of aryl methyl sites for hydroxylation is 2. The molecular formula is C21H18N2O2. The smallest absolute Gasteiger partial charge is 0.340 e. The quantitative estimate of drug-likeness (QED) is 0.668. The zero-order valence-electron chi connectivity index (χ0n) is 14.2. The number of benzene rings is 2. The van der Waals surface area contributed by atoms with Crippen molar-refractivity contribution in [2.75, 3.05) is 0 Å². The van der Waals surface area contributed by atoms with Crippen molar-refractivity contribution in [2.24, 2.45) is 0 Å². The molecule has 3 aromatic rings. The highest BCUT2D eigenvalue weighted by Gasteiger charge is 2.19. The van der Waals surface area contributed by atoms with Gasteiger partial charge in [0.05, 0.1) is 28.4 Å². The molecular weight excluding hydrogens is 312 g/mol. The number of nitrogens with zero attached hydrogens (tertiary/aromatic N) is 2. The molecule has 0 saturated carbocycles. The standard InChI is InChI=1S/C21H18N2O2/c1-3-18-20(14(2)17-10-6-7-11-19(17)23-18)21(24)25-13-16-9-5-4-8-15(16)12-22/h4-11H,3,13H2,1-2H3. The molecule has 0 bridgehead atoms. The topological polar surface area (TPSA) is 63.0 Å². The van der Waals surface area contributed by atoms with Gasteiger partial charge in [-0.2, -0.15) is 5.26 Å². The van der Waals surface area contributed by atoms with Gasteiger partial charge in [-0.05, 0) is 31.0 Å². The average Bonchev–Trinajstić information content (AvgIpc) is 2.66. The van der Waals surface area contributed by atoms with E-state index >= 15 is 0 Å². The molecule has 1 aromatic heterocycles. The number of nitriles is 1. The molecule has 0 amide bonds. The number of rotatable bonds is 4. The number of ether oxygens (including phenoxy) is 1. The summed E-state index contributed by atoms with van der Waals surface area (Å²) in [5.41, 5.74) is 4.22. The van der Waals surface area contributed by atoms with Gasteiger partial charge in [0.2, 0.25) is 0 Å². The van der Waals surface area contributed by atoms with Gasteiger partial charge in [0.25, 0.3) is 0 Å². The van der Waals surface area contributed by atoms with Crippen LogP contribution < -0.4 is 0 Å². The van der Waals surface area contributed by atoms with E-state index in [1.54, 1.807) is 18.2 Å². The fourth-order valence-electron chi connectivity index (χ4n) is 2.94. The van der Waals surface area contributed by atoms with Crippen LogP contribution in [0.4, 0.5) is 0 Å². The lowest BCUT2D eigenvalue weighted by Gasteiger charge is -2.13. The van der Waals surface area contributed by atoms with Crippen LogP contribution >= 0.6 is 0 Å². The van der Waals surface area contributed by atoms with Gasteiger partial charge in [-0.15, -0.1) is 0 Å². The van der Waals surface area contributed by atoms with Crippen LogP contribution in [0.1, 0.15) is 39.7 Å².